The molecular weight excluding hydrogens is 246 g/mol. The zero-order chi connectivity index (χ0) is 13.0. The summed E-state index contributed by atoms with van der Waals surface area (Å²) in [5.74, 6) is 1.72. The monoisotopic (exact) mass is 267 g/mol. The predicted molar refractivity (Wildman–Crippen MR) is 76.1 cm³/mol. The number of ether oxygens (including phenoxy) is 1. The van der Waals surface area contributed by atoms with Crippen LogP contribution in [0.3, 0.4) is 0 Å². The van der Waals surface area contributed by atoms with Crippen LogP contribution in [-0.4, -0.2) is 7.11 Å². The van der Waals surface area contributed by atoms with Gasteiger partial charge in [-0.05, 0) is 37.0 Å². The second kappa shape index (κ2) is 6.44. The summed E-state index contributed by atoms with van der Waals surface area (Å²) in [5, 5.41) is 0.724. The lowest BCUT2D eigenvalue weighted by atomic mass is 9.95. The first kappa shape index (κ1) is 13.7. The third-order valence-corrected chi connectivity index (χ3v) is 4.19. The molecule has 0 saturated heterocycles. The SMILES string of the molecule is COc1ccc(Cl)cc1C(N)CCC1CCCC1. The number of nitrogens with two attached hydrogens (primary N) is 1. The molecule has 1 unspecified atom stereocenters. The van der Waals surface area contributed by atoms with E-state index in [1.165, 1.54) is 32.1 Å². The highest BCUT2D eigenvalue weighted by atomic mass is 35.5. The van der Waals surface area contributed by atoms with E-state index < -0.39 is 0 Å². The Morgan fingerprint density at radius 2 is 2.11 bits per heavy atom. The first-order valence-corrected chi connectivity index (χ1v) is 7.17. The van der Waals surface area contributed by atoms with Crippen LogP contribution in [0.2, 0.25) is 5.02 Å². The summed E-state index contributed by atoms with van der Waals surface area (Å²) in [4.78, 5) is 0. The summed E-state index contributed by atoms with van der Waals surface area (Å²) in [6.07, 6.45) is 7.76. The Balaban J connectivity index is 1.98. The van der Waals surface area contributed by atoms with E-state index in [2.05, 4.69) is 0 Å². The molecule has 1 saturated carbocycles. The molecule has 18 heavy (non-hydrogen) atoms. The fourth-order valence-electron chi connectivity index (χ4n) is 2.86. The quantitative estimate of drug-likeness (QED) is 0.862. The summed E-state index contributed by atoms with van der Waals surface area (Å²) in [5.41, 5.74) is 7.31. The van der Waals surface area contributed by atoms with Gasteiger partial charge in [0.1, 0.15) is 5.75 Å². The van der Waals surface area contributed by atoms with Crippen LogP contribution in [0.4, 0.5) is 0 Å². The van der Waals surface area contributed by atoms with Crippen LogP contribution in [0.5, 0.6) is 5.75 Å². The summed E-state index contributed by atoms with van der Waals surface area (Å²) < 4.78 is 5.35. The molecule has 0 amide bonds. The molecule has 1 aliphatic rings. The molecule has 1 fully saturated rings. The van der Waals surface area contributed by atoms with Crippen molar-refractivity contribution < 1.29 is 4.74 Å². The standard InChI is InChI=1S/C15H22ClNO/c1-18-15-9-7-12(16)10-13(15)14(17)8-6-11-4-2-3-5-11/h7,9-11,14H,2-6,8,17H2,1H3. The van der Waals surface area contributed by atoms with Crippen LogP contribution >= 0.6 is 11.6 Å². The highest BCUT2D eigenvalue weighted by molar-refractivity contribution is 6.30. The Kier molecular flexibility index (Phi) is 4.90. The van der Waals surface area contributed by atoms with Gasteiger partial charge in [0.2, 0.25) is 0 Å². The van der Waals surface area contributed by atoms with Crippen molar-refractivity contribution in [3.05, 3.63) is 28.8 Å². The largest absolute Gasteiger partial charge is 0.496 e. The molecular formula is C15H22ClNO. The third-order valence-electron chi connectivity index (χ3n) is 3.95. The van der Waals surface area contributed by atoms with Crippen LogP contribution in [0.25, 0.3) is 0 Å². The highest BCUT2D eigenvalue weighted by Crippen LogP contribution is 2.33. The van der Waals surface area contributed by atoms with Crippen LogP contribution in [0.15, 0.2) is 18.2 Å². The van der Waals surface area contributed by atoms with Crippen molar-refractivity contribution >= 4 is 11.6 Å². The van der Waals surface area contributed by atoms with Crippen LogP contribution < -0.4 is 10.5 Å². The van der Waals surface area contributed by atoms with Crippen molar-refractivity contribution in [3.8, 4) is 5.75 Å². The van der Waals surface area contributed by atoms with Crippen molar-refractivity contribution in [2.75, 3.05) is 7.11 Å². The minimum Gasteiger partial charge on any atom is -0.496 e. The smallest absolute Gasteiger partial charge is 0.123 e. The zero-order valence-corrected chi connectivity index (χ0v) is 11.7. The number of methoxy groups -OCH3 is 1. The lowest BCUT2D eigenvalue weighted by Crippen LogP contribution is -2.13. The highest BCUT2D eigenvalue weighted by Gasteiger charge is 2.18. The minimum absolute atomic E-state index is 0.0271. The van der Waals surface area contributed by atoms with Gasteiger partial charge in [0, 0.05) is 16.6 Å². The average molecular weight is 268 g/mol. The Bertz CT molecular complexity index is 388. The lowest BCUT2D eigenvalue weighted by Gasteiger charge is -2.18. The van der Waals surface area contributed by atoms with Crippen LogP contribution in [0, 0.1) is 5.92 Å². The fraction of sp³-hybridized carbons (Fsp3) is 0.600. The van der Waals surface area contributed by atoms with Gasteiger partial charge in [-0.15, -0.1) is 0 Å². The predicted octanol–water partition coefficient (Wildman–Crippen LogP) is 4.32. The van der Waals surface area contributed by atoms with E-state index in [1.807, 2.05) is 18.2 Å². The average Bonchev–Trinajstić information content (AvgIpc) is 2.89. The normalized spacial score (nSPS) is 17.9. The van der Waals surface area contributed by atoms with Gasteiger partial charge >= 0.3 is 0 Å². The Hall–Kier alpha value is -0.730. The number of hydrogen-bond donors (Lipinski definition) is 1. The second-order valence-electron chi connectivity index (χ2n) is 5.22. The Labute approximate surface area is 114 Å². The maximum absolute atomic E-state index is 6.28. The van der Waals surface area contributed by atoms with Gasteiger partial charge in [-0.25, -0.2) is 0 Å². The van der Waals surface area contributed by atoms with E-state index in [1.54, 1.807) is 7.11 Å². The van der Waals surface area contributed by atoms with Crippen molar-refractivity contribution in [1.82, 2.24) is 0 Å². The summed E-state index contributed by atoms with van der Waals surface area (Å²) in [7, 11) is 1.68. The van der Waals surface area contributed by atoms with E-state index in [9.17, 15) is 0 Å². The van der Waals surface area contributed by atoms with Crippen molar-refractivity contribution in [3.63, 3.8) is 0 Å². The van der Waals surface area contributed by atoms with Gasteiger partial charge in [-0.3, -0.25) is 0 Å². The topological polar surface area (TPSA) is 35.2 Å². The fourth-order valence-corrected chi connectivity index (χ4v) is 3.05. The molecule has 100 valence electrons. The van der Waals surface area contributed by atoms with Gasteiger partial charge in [0.05, 0.1) is 7.11 Å². The minimum atomic E-state index is 0.0271. The maximum atomic E-state index is 6.28. The van der Waals surface area contributed by atoms with E-state index in [4.69, 9.17) is 22.1 Å². The molecule has 2 rings (SSSR count). The van der Waals surface area contributed by atoms with E-state index in [0.29, 0.717) is 0 Å². The van der Waals surface area contributed by atoms with Crippen LogP contribution in [-0.2, 0) is 0 Å². The molecule has 3 heteroatoms. The third kappa shape index (κ3) is 3.39. The van der Waals surface area contributed by atoms with Crippen molar-refractivity contribution in [2.24, 2.45) is 11.7 Å². The summed E-state index contributed by atoms with van der Waals surface area (Å²) in [6.45, 7) is 0. The molecule has 2 N–H and O–H groups in total. The van der Waals surface area contributed by atoms with Crippen LogP contribution in [0.1, 0.15) is 50.1 Å². The van der Waals surface area contributed by atoms with Gasteiger partial charge < -0.3 is 10.5 Å². The van der Waals surface area contributed by atoms with E-state index in [-0.39, 0.29) is 6.04 Å². The lowest BCUT2D eigenvalue weighted by molar-refractivity contribution is 0.397. The number of rotatable bonds is 5. The molecule has 0 bridgehead atoms. The van der Waals surface area contributed by atoms with Gasteiger partial charge in [-0.2, -0.15) is 0 Å². The first-order valence-electron chi connectivity index (χ1n) is 6.79. The van der Waals surface area contributed by atoms with Crippen molar-refractivity contribution in [2.45, 2.75) is 44.6 Å². The molecule has 0 radical (unpaired) electrons. The Morgan fingerprint density at radius 1 is 1.39 bits per heavy atom. The summed E-state index contributed by atoms with van der Waals surface area (Å²) in [6, 6.07) is 5.69. The zero-order valence-electron chi connectivity index (χ0n) is 11.0. The molecule has 1 atom stereocenters. The molecule has 1 aromatic rings. The number of halogens is 1. The van der Waals surface area contributed by atoms with E-state index in [0.717, 1.165) is 28.7 Å². The van der Waals surface area contributed by atoms with Gasteiger partial charge in [0.25, 0.3) is 0 Å². The van der Waals surface area contributed by atoms with Gasteiger partial charge in [0.15, 0.2) is 0 Å². The molecule has 0 heterocycles. The van der Waals surface area contributed by atoms with E-state index >= 15 is 0 Å². The Morgan fingerprint density at radius 3 is 2.78 bits per heavy atom. The molecule has 1 aromatic carbocycles. The molecule has 1 aliphatic carbocycles. The summed E-state index contributed by atoms with van der Waals surface area (Å²) >= 11 is 6.03. The first-order chi connectivity index (χ1) is 8.70. The second-order valence-corrected chi connectivity index (χ2v) is 5.66. The van der Waals surface area contributed by atoms with Crippen molar-refractivity contribution in [1.29, 1.82) is 0 Å². The molecule has 0 aliphatic heterocycles. The number of benzene rings is 1. The molecule has 0 aromatic heterocycles. The number of hydrogen-bond acceptors (Lipinski definition) is 2. The van der Waals surface area contributed by atoms with Gasteiger partial charge in [-0.1, -0.05) is 37.3 Å². The molecule has 2 nitrogen and oxygen atoms in total. The maximum Gasteiger partial charge on any atom is 0.123 e. The molecule has 0 spiro atoms.